The molecule has 0 spiro atoms. The number of carbonyl (C=O) groups is 1. The van der Waals surface area contributed by atoms with Gasteiger partial charge in [0.1, 0.15) is 0 Å². The van der Waals surface area contributed by atoms with Crippen LogP contribution in [0.2, 0.25) is 0 Å². The lowest BCUT2D eigenvalue weighted by atomic mass is 9.83. The quantitative estimate of drug-likeness (QED) is 0.659. The Morgan fingerprint density at radius 3 is 2.28 bits per heavy atom. The first-order chi connectivity index (χ1) is 8.50. The van der Waals surface area contributed by atoms with Crippen molar-refractivity contribution in [2.75, 3.05) is 6.54 Å². The Hall–Kier alpha value is -0.530. The van der Waals surface area contributed by atoms with Gasteiger partial charge in [-0.25, -0.2) is 0 Å². The van der Waals surface area contributed by atoms with Crippen molar-refractivity contribution in [3.8, 4) is 0 Å². The second-order valence-corrected chi connectivity index (χ2v) is 6.53. The molecular weight excluding hydrogens is 222 g/mol. The van der Waals surface area contributed by atoms with Gasteiger partial charge in [-0.05, 0) is 38.0 Å². The van der Waals surface area contributed by atoms with E-state index in [9.17, 15) is 4.79 Å². The zero-order chi connectivity index (χ0) is 13.6. The summed E-state index contributed by atoms with van der Waals surface area (Å²) in [7, 11) is 0. The summed E-state index contributed by atoms with van der Waals surface area (Å²) in [4.78, 5) is 14.5. The predicted molar refractivity (Wildman–Crippen MR) is 77.6 cm³/mol. The summed E-state index contributed by atoms with van der Waals surface area (Å²) in [5.41, 5.74) is 0.319. The van der Waals surface area contributed by atoms with Crippen molar-refractivity contribution in [3.05, 3.63) is 0 Å². The third-order valence-corrected chi connectivity index (χ3v) is 4.37. The molecule has 0 saturated heterocycles. The van der Waals surface area contributed by atoms with Crippen LogP contribution in [0.25, 0.3) is 0 Å². The van der Waals surface area contributed by atoms with E-state index in [0.29, 0.717) is 17.4 Å². The predicted octanol–water partition coefficient (Wildman–Crippen LogP) is 4.38. The summed E-state index contributed by atoms with van der Waals surface area (Å²) < 4.78 is 0. The summed E-state index contributed by atoms with van der Waals surface area (Å²) in [5.74, 6) is 0.383. The smallest absolute Gasteiger partial charge is 0.222 e. The van der Waals surface area contributed by atoms with E-state index in [1.807, 2.05) is 0 Å². The van der Waals surface area contributed by atoms with E-state index in [4.69, 9.17) is 0 Å². The summed E-state index contributed by atoms with van der Waals surface area (Å²) in [5, 5.41) is 0. The van der Waals surface area contributed by atoms with Crippen LogP contribution in [0.3, 0.4) is 0 Å². The van der Waals surface area contributed by atoms with Gasteiger partial charge in [-0.3, -0.25) is 4.79 Å². The molecule has 0 aromatic carbocycles. The van der Waals surface area contributed by atoms with Gasteiger partial charge in [-0.15, -0.1) is 0 Å². The van der Waals surface area contributed by atoms with E-state index in [-0.39, 0.29) is 0 Å². The van der Waals surface area contributed by atoms with Crippen LogP contribution in [0.5, 0.6) is 0 Å². The number of amides is 1. The molecule has 0 radical (unpaired) electrons. The van der Waals surface area contributed by atoms with Crippen molar-refractivity contribution in [1.82, 2.24) is 4.90 Å². The largest absolute Gasteiger partial charge is 0.340 e. The molecule has 1 aliphatic rings. The zero-order valence-electron chi connectivity index (χ0n) is 12.8. The van der Waals surface area contributed by atoms with Crippen LogP contribution in [-0.2, 0) is 4.79 Å². The fraction of sp³-hybridized carbons (Fsp3) is 0.938. The Morgan fingerprint density at radius 2 is 1.78 bits per heavy atom. The SMILES string of the molecule is CCCC(C)(C)CCC(=O)N(CC)C1CCCC1. The van der Waals surface area contributed by atoms with Crippen LogP contribution in [0, 0.1) is 5.41 Å². The average Bonchev–Trinajstić information content (AvgIpc) is 2.81. The van der Waals surface area contributed by atoms with Crippen LogP contribution >= 0.6 is 0 Å². The molecule has 0 heterocycles. The van der Waals surface area contributed by atoms with Crippen LogP contribution in [0.1, 0.15) is 79.1 Å². The Morgan fingerprint density at radius 1 is 1.17 bits per heavy atom. The Labute approximate surface area is 113 Å². The molecule has 1 saturated carbocycles. The van der Waals surface area contributed by atoms with Gasteiger partial charge in [-0.2, -0.15) is 0 Å². The Kier molecular flexibility index (Phi) is 6.17. The highest BCUT2D eigenvalue weighted by atomic mass is 16.2. The van der Waals surface area contributed by atoms with E-state index in [1.165, 1.54) is 38.5 Å². The number of carbonyl (C=O) groups excluding carboxylic acids is 1. The van der Waals surface area contributed by atoms with Gasteiger partial charge in [0.15, 0.2) is 0 Å². The van der Waals surface area contributed by atoms with Crippen molar-refractivity contribution in [1.29, 1.82) is 0 Å². The number of hydrogen-bond acceptors (Lipinski definition) is 1. The maximum absolute atomic E-state index is 12.3. The first-order valence-electron chi connectivity index (χ1n) is 7.79. The van der Waals surface area contributed by atoms with Crippen molar-refractivity contribution in [3.63, 3.8) is 0 Å². The van der Waals surface area contributed by atoms with Crippen molar-refractivity contribution >= 4 is 5.91 Å². The maximum atomic E-state index is 12.3. The first-order valence-corrected chi connectivity index (χ1v) is 7.79. The lowest BCUT2D eigenvalue weighted by Crippen LogP contribution is -2.39. The van der Waals surface area contributed by atoms with Gasteiger partial charge >= 0.3 is 0 Å². The third kappa shape index (κ3) is 4.62. The lowest BCUT2D eigenvalue weighted by Gasteiger charge is -2.30. The molecule has 0 atom stereocenters. The molecule has 0 unspecified atom stereocenters. The van der Waals surface area contributed by atoms with Crippen LogP contribution in [0.15, 0.2) is 0 Å². The second-order valence-electron chi connectivity index (χ2n) is 6.53. The highest BCUT2D eigenvalue weighted by molar-refractivity contribution is 5.76. The minimum atomic E-state index is 0.319. The normalized spacial score (nSPS) is 17.1. The van der Waals surface area contributed by atoms with Gasteiger partial charge in [-0.1, -0.05) is 40.0 Å². The minimum Gasteiger partial charge on any atom is -0.340 e. The lowest BCUT2D eigenvalue weighted by molar-refractivity contribution is -0.133. The highest BCUT2D eigenvalue weighted by Gasteiger charge is 2.26. The van der Waals surface area contributed by atoms with Crippen molar-refractivity contribution in [2.45, 2.75) is 85.1 Å². The third-order valence-electron chi connectivity index (χ3n) is 4.37. The molecule has 1 amide bonds. The van der Waals surface area contributed by atoms with Gasteiger partial charge in [0.2, 0.25) is 5.91 Å². The zero-order valence-corrected chi connectivity index (χ0v) is 12.8. The summed E-state index contributed by atoms with van der Waals surface area (Å²) in [6, 6.07) is 0.539. The Balaban J connectivity index is 2.42. The molecule has 1 aliphatic carbocycles. The molecular formula is C16H31NO. The molecule has 2 nitrogen and oxygen atoms in total. The highest BCUT2D eigenvalue weighted by Crippen LogP contribution is 2.29. The average molecular weight is 253 g/mol. The van der Waals surface area contributed by atoms with E-state index in [2.05, 4.69) is 32.6 Å². The van der Waals surface area contributed by atoms with Crippen LogP contribution in [0.4, 0.5) is 0 Å². The molecule has 106 valence electrons. The maximum Gasteiger partial charge on any atom is 0.222 e. The fourth-order valence-corrected chi connectivity index (χ4v) is 3.24. The summed E-state index contributed by atoms with van der Waals surface area (Å²) >= 11 is 0. The van der Waals surface area contributed by atoms with Gasteiger partial charge in [0.25, 0.3) is 0 Å². The van der Waals surface area contributed by atoms with Crippen molar-refractivity contribution in [2.24, 2.45) is 5.41 Å². The van der Waals surface area contributed by atoms with Gasteiger partial charge in [0, 0.05) is 19.0 Å². The van der Waals surface area contributed by atoms with Gasteiger partial charge < -0.3 is 4.90 Å². The van der Waals surface area contributed by atoms with Gasteiger partial charge in [0.05, 0.1) is 0 Å². The molecule has 2 heteroatoms. The van der Waals surface area contributed by atoms with E-state index < -0.39 is 0 Å². The summed E-state index contributed by atoms with van der Waals surface area (Å²) in [6.45, 7) is 9.80. The minimum absolute atomic E-state index is 0.319. The van der Waals surface area contributed by atoms with Crippen molar-refractivity contribution < 1.29 is 4.79 Å². The fourth-order valence-electron chi connectivity index (χ4n) is 3.24. The monoisotopic (exact) mass is 253 g/mol. The first kappa shape index (κ1) is 15.5. The molecule has 1 fully saturated rings. The molecule has 0 N–H and O–H groups in total. The number of hydrogen-bond donors (Lipinski definition) is 0. The molecule has 0 aromatic heterocycles. The topological polar surface area (TPSA) is 20.3 Å². The standard InChI is InChI=1S/C16H31NO/c1-5-12-16(3,4)13-11-15(18)17(6-2)14-9-7-8-10-14/h14H,5-13H2,1-4H3. The Bertz CT molecular complexity index is 254. The number of nitrogens with zero attached hydrogens (tertiary/aromatic N) is 1. The number of rotatable bonds is 7. The van der Waals surface area contributed by atoms with E-state index in [1.54, 1.807) is 0 Å². The van der Waals surface area contributed by atoms with Crippen LogP contribution in [-0.4, -0.2) is 23.4 Å². The molecule has 18 heavy (non-hydrogen) atoms. The second kappa shape index (κ2) is 7.16. The molecule has 0 bridgehead atoms. The summed E-state index contributed by atoms with van der Waals surface area (Å²) in [6.07, 6.45) is 9.23. The van der Waals surface area contributed by atoms with E-state index in [0.717, 1.165) is 19.4 Å². The molecule has 0 aromatic rings. The van der Waals surface area contributed by atoms with E-state index >= 15 is 0 Å². The molecule has 1 rings (SSSR count). The van der Waals surface area contributed by atoms with Crippen LogP contribution < -0.4 is 0 Å². The molecule has 0 aliphatic heterocycles.